The van der Waals surface area contributed by atoms with Gasteiger partial charge in [-0.3, -0.25) is 4.79 Å². The Kier molecular flexibility index (Phi) is 4.52. The van der Waals surface area contributed by atoms with Gasteiger partial charge in [0.15, 0.2) is 0 Å². The van der Waals surface area contributed by atoms with E-state index in [1.807, 2.05) is 18.7 Å². The third kappa shape index (κ3) is 3.12. The van der Waals surface area contributed by atoms with Gasteiger partial charge >= 0.3 is 6.09 Å². The Morgan fingerprint density at radius 2 is 2.00 bits per heavy atom. The molecule has 2 aliphatic heterocycles. The summed E-state index contributed by atoms with van der Waals surface area (Å²) in [6, 6.07) is 6.40. The molecule has 0 spiro atoms. The molecule has 2 atom stereocenters. The van der Waals surface area contributed by atoms with Crippen molar-refractivity contribution in [1.29, 1.82) is 0 Å². The molecule has 2 fully saturated rings. The molecule has 0 aliphatic carbocycles. The molecule has 130 valence electrons. The molecule has 1 aromatic rings. The molecule has 0 aromatic heterocycles. The first-order valence-corrected chi connectivity index (χ1v) is 8.69. The van der Waals surface area contributed by atoms with Crippen molar-refractivity contribution < 1.29 is 14.3 Å². The van der Waals surface area contributed by atoms with Crippen LogP contribution in [0.1, 0.15) is 43.4 Å². The van der Waals surface area contributed by atoms with E-state index in [0.29, 0.717) is 19.5 Å². The fourth-order valence-electron chi connectivity index (χ4n) is 3.73. The second kappa shape index (κ2) is 6.46. The average molecular weight is 330 g/mol. The first-order valence-electron chi connectivity index (χ1n) is 8.69. The standard InChI is InChI=1S/C19H26N2O3/c1-12(2)24-19(23)20-8-7-16-17(20)10-18(22)21(16)11-15-6-5-13(3)14(4)9-15/h5-6,9,12,16-17H,7-8,10-11H2,1-4H3/t16-,17-/m0/s1. The Morgan fingerprint density at radius 3 is 2.67 bits per heavy atom. The summed E-state index contributed by atoms with van der Waals surface area (Å²) < 4.78 is 5.32. The number of likely N-dealkylation sites (tertiary alicyclic amines) is 2. The van der Waals surface area contributed by atoms with E-state index < -0.39 is 0 Å². The van der Waals surface area contributed by atoms with Gasteiger partial charge in [-0.25, -0.2) is 4.79 Å². The van der Waals surface area contributed by atoms with Crippen molar-refractivity contribution in [2.24, 2.45) is 0 Å². The minimum atomic E-state index is -0.293. The molecule has 5 heteroatoms. The number of nitrogens with zero attached hydrogens (tertiary/aromatic N) is 2. The van der Waals surface area contributed by atoms with Crippen LogP contribution in [0.3, 0.4) is 0 Å². The quantitative estimate of drug-likeness (QED) is 0.856. The van der Waals surface area contributed by atoms with Crippen molar-refractivity contribution in [2.45, 2.75) is 65.3 Å². The van der Waals surface area contributed by atoms with Gasteiger partial charge in [-0.05, 0) is 50.8 Å². The molecule has 2 amide bonds. The summed E-state index contributed by atoms with van der Waals surface area (Å²) >= 11 is 0. The first kappa shape index (κ1) is 16.8. The Balaban J connectivity index is 1.72. The van der Waals surface area contributed by atoms with Gasteiger partial charge in [0, 0.05) is 19.5 Å². The number of hydrogen-bond acceptors (Lipinski definition) is 3. The van der Waals surface area contributed by atoms with E-state index in [1.165, 1.54) is 11.1 Å². The van der Waals surface area contributed by atoms with Gasteiger partial charge in [0.25, 0.3) is 0 Å². The lowest BCUT2D eigenvalue weighted by Crippen LogP contribution is -2.40. The van der Waals surface area contributed by atoms with Crippen LogP contribution in [0.2, 0.25) is 0 Å². The predicted octanol–water partition coefficient (Wildman–Crippen LogP) is 3.02. The molecule has 0 bridgehead atoms. The lowest BCUT2D eigenvalue weighted by molar-refractivity contribution is -0.129. The molecule has 1 aromatic carbocycles. The topological polar surface area (TPSA) is 49.9 Å². The fraction of sp³-hybridized carbons (Fsp3) is 0.579. The average Bonchev–Trinajstić information content (AvgIpc) is 3.02. The summed E-state index contributed by atoms with van der Waals surface area (Å²) in [6.45, 7) is 9.15. The molecule has 0 saturated carbocycles. The van der Waals surface area contributed by atoms with Crippen molar-refractivity contribution in [2.75, 3.05) is 6.54 Å². The van der Waals surface area contributed by atoms with Crippen molar-refractivity contribution >= 4 is 12.0 Å². The van der Waals surface area contributed by atoms with Gasteiger partial charge < -0.3 is 14.5 Å². The van der Waals surface area contributed by atoms with Crippen LogP contribution >= 0.6 is 0 Å². The Morgan fingerprint density at radius 1 is 1.25 bits per heavy atom. The van der Waals surface area contributed by atoms with E-state index in [-0.39, 0.29) is 30.2 Å². The molecule has 2 aliphatic rings. The van der Waals surface area contributed by atoms with Crippen LogP contribution in [0, 0.1) is 13.8 Å². The highest BCUT2D eigenvalue weighted by Gasteiger charge is 2.48. The van der Waals surface area contributed by atoms with Crippen molar-refractivity contribution in [3.63, 3.8) is 0 Å². The predicted molar refractivity (Wildman–Crippen MR) is 91.6 cm³/mol. The lowest BCUT2D eigenvalue weighted by atomic mass is 10.1. The minimum Gasteiger partial charge on any atom is -0.447 e. The SMILES string of the molecule is Cc1ccc(CN2C(=O)C[C@H]3[C@@H]2CCN3C(=O)OC(C)C)cc1C. The normalized spacial score (nSPS) is 23.1. The van der Waals surface area contributed by atoms with Gasteiger partial charge in [-0.15, -0.1) is 0 Å². The second-order valence-electron chi connectivity index (χ2n) is 7.19. The number of fused-ring (bicyclic) bond motifs is 1. The van der Waals surface area contributed by atoms with E-state index in [4.69, 9.17) is 4.74 Å². The van der Waals surface area contributed by atoms with Gasteiger partial charge in [-0.2, -0.15) is 0 Å². The number of aryl methyl sites for hydroxylation is 2. The molecule has 0 radical (unpaired) electrons. The van der Waals surface area contributed by atoms with Crippen LogP contribution in [-0.4, -0.2) is 46.5 Å². The highest BCUT2D eigenvalue weighted by molar-refractivity contribution is 5.82. The zero-order valence-corrected chi connectivity index (χ0v) is 14.9. The van der Waals surface area contributed by atoms with Crippen LogP contribution in [0.4, 0.5) is 4.79 Å². The molecule has 24 heavy (non-hydrogen) atoms. The number of amides is 2. The van der Waals surface area contributed by atoms with E-state index in [1.54, 1.807) is 4.90 Å². The number of rotatable bonds is 3. The van der Waals surface area contributed by atoms with Crippen molar-refractivity contribution in [1.82, 2.24) is 9.80 Å². The summed E-state index contributed by atoms with van der Waals surface area (Å²) in [5, 5.41) is 0. The van der Waals surface area contributed by atoms with Crippen LogP contribution < -0.4 is 0 Å². The van der Waals surface area contributed by atoms with Gasteiger partial charge in [0.2, 0.25) is 5.91 Å². The number of benzene rings is 1. The summed E-state index contributed by atoms with van der Waals surface area (Å²) in [6.07, 6.45) is 0.801. The molecule has 5 nitrogen and oxygen atoms in total. The zero-order valence-electron chi connectivity index (χ0n) is 14.9. The third-order valence-electron chi connectivity index (χ3n) is 5.11. The van der Waals surface area contributed by atoms with E-state index in [0.717, 1.165) is 12.0 Å². The molecule has 0 N–H and O–H groups in total. The van der Waals surface area contributed by atoms with Crippen molar-refractivity contribution in [3.05, 3.63) is 34.9 Å². The van der Waals surface area contributed by atoms with Crippen LogP contribution in [0.5, 0.6) is 0 Å². The minimum absolute atomic E-state index is 0.0460. The van der Waals surface area contributed by atoms with Crippen LogP contribution in [0.15, 0.2) is 18.2 Å². The highest BCUT2D eigenvalue weighted by Crippen LogP contribution is 2.34. The molecule has 3 rings (SSSR count). The van der Waals surface area contributed by atoms with Gasteiger partial charge in [0.1, 0.15) is 0 Å². The third-order valence-corrected chi connectivity index (χ3v) is 5.11. The maximum Gasteiger partial charge on any atom is 0.410 e. The Hall–Kier alpha value is -2.04. The van der Waals surface area contributed by atoms with Gasteiger partial charge in [0.05, 0.1) is 18.2 Å². The number of hydrogen-bond donors (Lipinski definition) is 0. The zero-order chi connectivity index (χ0) is 17.4. The fourth-order valence-corrected chi connectivity index (χ4v) is 3.73. The Labute approximate surface area is 143 Å². The molecule has 2 heterocycles. The Bertz CT molecular complexity index is 656. The molecular weight excluding hydrogens is 304 g/mol. The first-order chi connectivity index (χ1) is 11.4. The second-order valence-corrected chi connectivity index (χ2v) is 7.19. The molecule has 0 unspecified atom stereocenters. The van der Waals surface area contributed by atoms with Crippen LogP contribution in [0.25, 0.3) is 0 Å². The maximum absolute atomic E-state index is 12.5. The summed E-state index contributed by atoms with van der Waals surface area (Å²) in [4.78, 5) is 28.4. The highest BCUT2D eigenvalue weighted by atomic mass is 16.6. The van der Waals surface area contributed by atoms with Crippen LogP contribution in [-0.2, 0) is 16.1 Å². The summed E-state index contributed by atoms with van der Waals surface area (Å²) in [5.74, 6) is 0.130. The largest absolute Gasteiger partial charge is 0.447 e. The molecular formula is C19H26N2O3. The summed E-state index contributed by atoms with van der Waals surface area (Å²) in [7, 11) is 0. The van der Waals surface area contributed by atoms with E-state index in [2.05, 4.69) is 32.0 Å². The number of ether oxygens (including phenoxy) is 1. The monoisotopic (exact) mass is 330 g/mol. The van der Waals surface area contributed by atoms with E-state index in [9.17, 15) is 9.59 Å². The number of carbonyl (C=O) groups excluding carboxylic acids is 2. The van der Waals surface area contributed by atoms with Gasteiger partial charge in [-0.1, -0.05) is 18.2 Å². The smallest absolute Gasteiger partial charge is 0.410 e. The lowest BCUT2D eigenvalue weighted by Gasteiger charge is -2.25. The number of carbonyl (C=O) groups is 2. The maximum atomic E-state index is 12.5. The molecule has 2 saturated heterocycles. The summed E-state index contributed by atoms with van der Waals surface area (Å²) in [5.41, 5.74) is 3.65. The van der Waals surface area contributed by atoms with Crippen molar-refractivity contribution in [3.8, 4) is 0 Å². The van der Waals surface area contributed by atoms with E-state index >= 15 is 0 Å².